The highest BCUT2D eigenvalue weighted by atomic mass is 19.4. The summed E-state index contributed by atoms with van der Waals surface area (Å²) < 4.78 is 44.5. The van der Waals surface area contributed by atoms with E-state index in [1.807, 2.05) is 40.1 Å². The number of amides is 1. The summed E-state index contributed by atoms with van der Waals surface area (Å²) in [6.07, 6.45) is -1.34. The number of aromatic nitrogens is 2. The molecule has 5 rings (SSSR count). The van der Waals surface area contributed by atoms with Crippen molar-refractivity contribution < 1.29 is 22.7 Å². The van der Waals surface area contributed by atoms with Gasteiger partial charge >= 0.3 is 6.18 Å². The molecule has 2 aliphatic rings. The van der Waals surface area contributed by atoms with E-state index in [0.717, 1.165) is 54.8 Å². The summed E-state index contributed by atoms with van der Waals surface area (Å²) in [6, 6.07) is 15.1. The van der Waals surface area contributed by atoms with Crippen molar-refractivity contribution in [3.05, 3.63) is 66.5 Å². The predicted molar refractivity (Wildman–Crippen MR) is 139 cm³/mol. The van der Waals surface area contributed by atoms with Gasteiger partial charge in [0, 0.05) is 62.5 Å². The number of hydrogen-bond acceptors (Lipinski definition) is 6. The molecular formula is C28H30F3N5O2. The second-order valence-electron chi connectivity index (χ2n) is 9.61. The SMILES string of the molecule is COc1ccc(-c2cc(N3CCC(C(=O)N4CCN(c5cccc(C(F)(F)F)c5)CC4)CC3)ncn2)cc1. The van der Waals surface area contributed by atoms with Crippen LogP contribution in [0.2, 0.25) is 0 Å². The van der Waals surface area contributed by atoms with Crippen LogP contribution < -0.4 is 14.5 Å². The largest absolute Gasteiger partial charge is 0.497 e. The quantitative estimate of drug-likeness (QED) is 0.480. The number of nitrogens with zero attached hydrogens (tertiary/aromatic N) is 5. The van der Waals surface area contributed by atoms with Crippen molar-refractivity contribution in [2.45, 2.75) is 19.0 Å². The number of piperidine rings is 1. The Morgan fingerprint density at radius 1 is 0.895 bits per heavy atom. The van der Waals surface area contributed by atoms with E-state index in [9.17, 15) is 18.0 Å². The molecule has 38 heavy (non-hydrogen) atoms. The highest BCUT2D eigenvalue weighted by Gasteiger charge is 2.33. The fourth-order valence-electron chi connectivity index (χ4n) is 5.12. The normalized spacial score (nSPS) is 17.0. The summed E-state index contributed by atoms with van der Waals surface area (Å²) in [5, 5.41) is 0. The van der Waals surface area contributed by atoms with Crippen LogP contribution in [0.3, 0.4) is 0 Å². The molecule has 0 unspecified atom stereocenters. The maximum absolute atomic E-state index is 13.2. The highest BCUT2D eigenvalue weighted by molar-refractivity contribution is 5.79. The molecule has 2 aliphatic heterocycles. The topological polar surface area (TPSA) is 61.8 Å². The number of carbonyl (C=O) groups is 1. The Balaban J connectivity index is 1.15. The van der Waals surface area contributed by atoms with Gasteiger partial charge in [0.15, 0.2) is 0 Å². The number of rotatable bonds is 5. The van der Waals surface area contributed by atoms with Crippen LogP contribution in [-0.2, 0) is 11.0 Å². The number of ether oxygens (including phenoxy) is 1. The number of anilines is 2. The lowest BCUT2D eigenvalue weighted by molar-refractivity contribution is -0.137. The Kier molecular flexibility index (Phi) is 7.40. The number of benzene rings is 2. The fraction of sp³-hybridized carbons (Fsp3) is 0.393. The zero-order valence-electron chi connectivity index (χ0n) is 21.2. The molecule has 0 radical (unpaired) electrons. The van der Waals surface area contributed by atoms with Gasteiger partial charge in [0.2, 0.25) is 5.91 Å². The van der Waals surface area contributed by atoms with Crippen molar-refractivity contribution in [3.8, 4) is 17.0 Å². The molecule has 3 aromatic rings. The molecule has 10 heteroatoms. The van der Waals surface area contributed by atoms with Gasteiger partial charge in [0.1, 0.15) is 17.9 Å². The van der Waals surface area contributed by atoms with Gasteiger partial charge in [0.25, 0.3) is 0 Å². The van der Waals surface area contributed by atoms with Gasteiger partial charge in [-0.05, 0) is 55.3 Å². The van der Waals surface area contributed by atoms with Crippen LogP contribution in [0.15, 0.2) is 60.9 Å². The van der Waals surface area contributed by atoms with Gasteiger partial charge in [-0.2, -0.15) is 13.2 Å². The van der Waals surface area contributed by atoms with Gasteiger partial charge < -0.3 is 19.4 Å². The maximum atomic E-state index is 13.2. The zero-order chi connectivity index (χ0) is 26.7. The number of hydrogen-bond donors (Lipinski definition) is 0. The molecular weight excluding hydrogens is 495 g/mol. The van der Waals surface area contributed by atoms with Crippen molar-refractivity contribution in [2.24, 2.45) is 5.92 Å². The van der Waals surface area contributed by atoms with Gasteiger partial charge in [-0.3, -0.25) is 4.79 Å². The third-order valence-corrected chi connectivity index (χ3v) is 7.34. The van der Waals surface area contributed by atoms with Gasteiger partial charge in [-0.25, -0.2) is 9.97 Å². The second kappa shape index (κ2) is 10.9. The van der Waals surface area contributed by atoms with Crippen LogP contribution in [-0.4, -0.2) is 67.2 Å². The first kappa shape index (κ1) is 25.8. The molecule has 200 valence electrons. The molecule has 0 N–H and O–H groups in total. The Hall–Kier alpha value is -3.82. The molecule has 0 bridgehead atoms. The average molecular weight is 526 g/mol. The number of alkyl halides is 3. The smallest absolute Gasteiger partial charge is 0.416 e. The maximum Gasteiger partial charge on any atom is 0.416 e. The third kappa shape index (κ3) is 5.69. The van der Waals surface area contributed by atoms with E-state index in [2.05, 4.69) is 14.9 Å². The summed E-state index contributed by atoms with van der Waals surface area (Å²) in [5.41, 5.74) is 1.69. The molecule has 3 heterocycles. The zero-order valence-corrected chi connectivity index (χ0v) is 21.2. The molecule has 2 saturated heterocycles. The Morgan fingerprint density at radius 3 is 2.26 bits per heavy atom. The Morgan fingerprint density at radius 2 is 1.61 bits per heavy atom. The number of piperazine rings is 1. The monoisotopic (exact) mass is 525 g/mol. The molecule has 2 aromatic carbocycles. The van der Waals surface area contributed by atoms with E-state index in [4.69, 9.17) is 4.74 Å². The summed E-state index contributed by atoms with van der Waals surface area (Å²) in [5.74, 6) is 1.70. The molecule has 2 fully saturated rings. The van der Waals surface area contributed by atoms with Crippen molar-refractivity contribution in [2.75, 3.05) is 56.2 Å². The summed E-state index contributed by atoms with van der Waals surface area (Å²) in [4.78, 5) is 28.0. The average Bonchev–Trinajstić information content (AvgIpc) is 2.97. The van der Waals surface area contributed by atoms with E-state index in [1.165, 1.54) is 12.1 Å². The van der Waals surface area contributed by atoms with Crippen LogP contribution in [0.4, 0.5) is 24.7 Å². The number of methoxy groups -OCH3 is 1. The lowest BCUT2D eigenvalue weighted by Crippen LogP contribution is -2.51. The molecule has 7 nitrogen and oxygen atoms in total. The lowest BCUT2D eigenvalue weighted by Gasteiger charge is -2.39. The predicted octanol–water partition coefficient (Wildman–Crippen LogP) is 4.74. The highest BCUT2D eigenvalue weighted by Crippen LogP contribution is 2.32. The number of carbonyl (C=O) groups excluding carboxylic acids is 1. The van der Waals surface area contributed by atoms with E-state index >= 15 is 0 Å². The minimum atomic E-state index is -4.37. The lowest BCUT2D eigenvalue weighted by atomic mass is 9.95. The molecule has 0 spiro atoms. The van der Waals surface area contributed by atoms with Crippen LogP contribution in [0.25, 0.3) is 11.3 Å². The first-order chi connectivity index (χ1) is 18.3. The second-order valence-corrected chi connectivity index (χ2v) is 9.61. The van der Waals surface area contributed by atoms with E-state index in [1.54, 1.807) is 19.5 Å². The standard InChI is InChI=1S/C28H30F3N5O2/c1-38-24-7-5-20(6-8-24)25-18-26(33-19-32-25)35-11-9-21(10-12-35)27(37)36-15-13-34(14-16-36)23-4-2-3-22(17-23)28(29,30)31/h2-8,17-19,21H,9-16H2,1H3. The van der Waals surface area contributed by atoms with E-state index in [-0.39, 0.29) is 11.8 Å². The van der Waals surface area contributed by atoms with Gasteiger partial charge in [0.05, 0.1) is 18.4 Å². The minimum absolute atomic E-state index is 0.0609. The summed E-state index contributed by atoms with van der Waals surface area (Å²) in [6.45, 7) is 3.49. The van der Waals surface area contributed by atoms with E-state index in [0.29, 0.717) is 31.9 Å². The Bertz CT molecular complexity index is 1250. The Labute approximate surface area is 219 Å². The molecule has 1 amide bonds. The van der Waals surface area contributed by atoms with Crippen LogP contribution >= 0.6 is 0 Å². The van der Waals surface area contributed by atoms with Crippen molar-refractivity contribution in [1.29, 1.82) is 0 Å². The molecule has 0 aliphatic carbocycles. The van der Waals surface area contributed by atoms with Crippen molar-refractivity contribution >= 4 is 17.4 Å². The van der Waals surface area contributed by atoms with Crippen molar-refractivity contribution in [3.63, 3.8) is 0 Å². The van der Waals surface area contributed by atoms with Gasteiger partial charge in [-0.1, -0.05) is 6.07 Å². The molecule has 1 aromatic heterocycles. The fourth-order valence-corrected chi connectivity index (χ4v) is 5.12. The van der Waals surface area contributed by atoms with Crippen LogP contribution in [0.1, 0.15) is 18.4 Å². The molecule has 0 atom stereocenters. The summed E-state index contributed by atoms with van der Waals surface area (Å²) in [7, 11) is 1.63. The van der Waals surface area contributed by atoms with Crippen LogP contribution in [0, 0.1) is 5.92 Å². The molecule has 0 saturated carbocycles. The third-order valence-electron chi connectivity index (χ3n) is 7.34. The van der Waals surface area contributed by atoms with Crippen LogP contribution in [0.5, 0.6) is 5.75 Å². The first-order valence-corrected chi connectivity index (χ1v) is 12.7. The van der Waals surface area contributed by atoms with Gasteiger partial charge in [-0.15, -0.1) is 0 Å². The summed E-state index contributed by atoms with van der Waals surface area (Å²) >= 11 is 0. The first-order valence-electron chi connectivity index (χ1n) is 12.7. The number of halogens is 3. The van der Waals surface area contributed by atoms with E-state index < -0.39 is 11.7 Å². The van der Waals surface area contributed by atoms with Crippen molar-refractivity contribution in [1.82, 2.24) is 14.9 Å². The minimum Gasteiger partial charge on any atom is -0.497 e.